The number of hydrogen-bond donors (Lipinski definition) is 0. The fraction of sp³-hybridized carbons (Fsp3) is 0.0870. The van der Waals surface area contributed by atoms with Crippen molar-refractivity contribution in [3.05, 3.63) is 90.6 Å². The third-order valence-electron chi connectivity index (χ3n) is 4.98. The van der Waals surface area contributed by atoms with Gasteiger partial charge in [0.15, 0.2) is 10.9 Å². The molecular formula is C23H18FN5OS. The van der Waals surface area contributed by atoms with Gasteiger partial charge in [-0.3, -0.25) is 9.69 Å². The van der Waals surface area contributed by atoms with Crippen molar-refractivity contribution < 1.29 is 9.18 Å². The van der Waals surface area contributed by atoms with E-state index in [2.05, 4.69) is 10.1 Å². The van der Waals surface area contributed by atoms with Crippen LogP contribution < -0.4 is 4.90 Å². The number of carbonyl (C=O) groups is 1. The van der Waals surface area contributed by atoms with E-state index in [1.165, 1.54) is 28.3 Å². The lowest BCUT2D eigenvalue weighted by atomic mass is 10.2. The van der Waals surface area contributed by atoms with E-state index in [4.69, 9.17) is 0 Å². The molecule has 8 heteroatoms. The minimum Gasteiger partial charge on any atom is -0.308 e. The van der Waals surface area contributed by atoms with Crippen LogP contribution >= 0.6 is 11.3 Å². The first-order valence-electron chi connectivity index (χ1n) is 9.81. The number of aromatic nitrogens is 4. The number of hydrogen-bond acceptors (Lipinski definition) is 4. The van der Waals surface area contributed by atoms with Crippen molar-refractivity contribution in [2.75, 3.05) is 11.4 Å². The smallest absolute Gasteiger partial charge is 0.265 e. The molecule has 0 saturated carbocycles. The lowest BCUT2D eigenvalue weighted by Crippen LogP contribution is -2.31. The monoisotopic (exact) mass is 431 g/mol. The molecule has 2 aromatic carbocycles. The van der Waals surface area contributed by atoms with Crippen LogP contribution in [-0.4, -0.2) is 31.8 Å². The summed E-state index contributed by atoms with van der Waals surface area (Å²) in [4.78, 5) is 19.9. The second-order valence-electron chi connectivity index (χ2n) is 6.85. The summed E-state index contributed by atoms with van der Waals surface area (Å²) in [7, 11) is 0. The Bertz CT molecular complexity index is 1340. The van der Waals surface area contributed by atoms with Crippen LogP contribution in [0.3, 0.4) is 0 Å². The fourth-order valence-corrected chi connectivity index (χ4v) is 4.53. The molecule has 0 atom stereocenters. The van der Waals surface area contributed by atoms with Gasteiger partial charge in [0.25, 0.3) is 5.91 Å². The minimum atomic E-state index is -0.420. The molecule has 0 saturated heterocycles. The summed E-state index contributed by atoms with van der Waals surface area (Å²) in [5.74, 6) is -0.191. The van der Waals surface area contributed by atoms with Crippen LogP contribution in [-0.2, 0) is 0 Å². The van der Waals surface area contributed by atoms with Crippen LogP contribution in [0.5, 0.6) is 0 Å². The number of nitrogens with zero attached hydrogens (tertiary/aromatic N) is 5. The molecule has 0 bridgehead atoms. The Balaban J connectivity index is 1.64. The second kappa shape index (κ2) is 7.81. The molecule has 0 spiro atoms. The highest BCUT2D eigenvalue weighted by Gasteiger charge is 2.27. The number of halogens is 1. The van der Waals surface area contributed by atoms with Crippen molar-refractivity contribution in [3.8, 4) is 11.5 Å². The molecule has 154 valence electrons. The Morgan fingerprint density at radius 1 is 1.06 bits per heavy atom. The molecular weight excluding hydrogens is 413 g/mol. The van der Waals surface area contributed by atoms with Gasteiger partial charge in [0.1, 0.15) is 17.1 Å². The van der Waals surface area contributed by atoms with Crippen LogP contribution in [0.4, 0.5) is 9.52 Å². The highest BCUT2D eigenvalue weighted by Crippen LogP contribution is 2.31. The van der Waals surface area contributed by atoms with Crippen LogP contribution in [0.25, 0.3) is 21.7 Å². The Kier molecular flexibility index (Phi) is 4.83. The van der Waals surface area contributed by atoms with Gasteiger partial charge in [-0.25, -0.2) is 14.1 Å². The van der Waals surface area contributed by atoms with Gasteiger partial charge in [0.2, 0.25) is 0 Å². The molecule has 0 aliphatic rings. The van der Waals surface area contributed by atoms with Crippen molar-refractivity contribution in [1.82, 2.24) is 19.3 Å². The normalized spacial score (nSPS) is 11.2. The minimum absolute atomic E-state index is 0.243. The molecule has 1 amide bonds. The van der Waals surface area contributed by atoms with Crippen molar-refractivity contribution in [1.29, 1.82) is 0 Å². The van der Waals surface area contributed by atoms with Gasteiger partial charge >= 0.3 is 0 Å². The van der Waals surface area contributed by atoms with Gasteiger partial charge in [0.05, 0.1) is 16.4 Å². The number of anilines is 1. The summed E-state index contributed by atoms with van der Waals surface area (Å²) >= 11 is 1.46. The van der Waals surface area contributed by atoms with Gasteiger partial charge in [-0.15, -0.1) is 0 Å². The lowest BCUT2D eigenvalue weighted by Gasteiger charge is -2.18. The molecule has 0 radical (unpaired) electrons. The number of benzene rings is 2. The topological polar surface area (TPSA) is 56.0 Å². The number of thiazole rings is 1. The number of amides is 1. The highest BCUT2D eigenvalue weighted by atomic mass is 32.1. The number of fused-ring (bicyclic) bond motifs is 1. The molecule has 6 nitrogen and oxygen atoms in total. The molecule has 5 rings (SSSR count). The Labute approximate surface area is 181 Å². The zero-order valence-electron chi connectivity index (χ0n) is 16.6. The first kappa shape index (κ1) is 19.2. The van der Waals surface area contributed by atoms with Crippen molar-refractivity contribution in [3.63, 3.8) is 0 Å². The summed E-state index contributed by atoms with van der Waals surface area (Å²) in [5.41, 5.74) is 1.48. The molecule has 0 unspecified atom stereocenters. The van der Waals surface area contributed by atoms with Gasteiger partial charge in [-0.1, -0.05) is 35.6 Å². The number of rotatable bonds is 5. The zero-order chi connectivity index (χ0) is 21.4. The maximum Gasteiger partial charge on any atom is 0.265 e. The van der Waals surface area contributed by atoms with E-state index in [0.29, 0.717) is 23.1 Å². The van der Waals surface area contributed by atoms with Crippen LogP contribution in [0, 0.1) is 5.82 Å². The maximum absolute atomic E-state index is 14.5. The average molecular weight is 431 g/mol. The van der Waals surface area contributed by atoms with E-state index in [0.717, 1.165) is 10.2 Å². The van der Waals surface area contributed by atoms with E-state index >= 15 is 0 Å². The molecule has 3 heterocycles. The molecule has 0 N–H and O–H groups in total. The summed E-state index contributed by atoms with van der Waals surface area (Å²) in [6.07, 6.45) is 5.10. The standard InChI is InChI=1S/C23H18FN5OS/c1-2-28(23-26-18-10-4-6-12-20(18)31-23)22(30)16-15-25-29(19-11-5-3-9-17(19)24)21(16)27-13-7-8-14-27/h3-15H,2H2,1H3. The van der Waals surface area contributed by atoms with Crippen molar-refractivity contribution >= 4 is 32.6 Å². The van der Waals surface area contributed by atoms with E-state index < -0.39 is 5.82 Å². The van der Waals surface area contributed by atoms with Crippen molar-refractivity contribution in [2.45, 2.75) is 6.92 Å². The molecule has 3 aromatic heterocycles. The summed E-state index contributed by atoms with van der Waals surface area (Å²) < 4.78 is 18.8. The number of para-hydroxylation sites is 2. The van der Waals surface area contributed by atoms with Gasteiger partial charge in [-0.2, -0.15) is 5.10 Å². The van der Waals surface area contributed by atoms with E-state index in [1.54, 1.807) is 40.1 Å². The van der Waals surface area contributed by atoms with E-state index in [1.807, 2.05) is 43.3 Å². The van der Waals surface area contributed by atoms with Gasteiger partial charge in [0, 0.05) is 18.9 Å². The summed E-state index contributed by atoms with van der Waals surface area (Å²) in [6.45, 7) is 2.34. The summed E-state index contributed by atoms with van der Waals surface area (Å²) in [5, 5.41) is 4.99. The molecule has 5 aromatic rings. The van der Waals surface area contributed by atoms with E-state index in [-0.39, 0.29) is 11.6 Å². The highest BCUT2D eigenvalue weighted by molar-refractivity contribution is 7.22. The number of carbonyl (C=O) groups excluding carboxylic acids is 1. The second-order valence-corrected chi connectivity index (χ2v) is 7.86. The van der Waals surface area contributed by atoms with Crippen LogP contribution in [0.2, 0.25) is 0 Å². The Morgan fingerprint density at radius 3 is 2.55 bits per heavy atom. The van der Waals surface area contributed by atoms with E-state index in [9.17, 15) is 9.18 Å². The van der Waals surface area contributed by atoms with Crippen molar-refractivity contribution in [2.24, 2.45) is 0 Å². The first-order chi connectivity index (χ1) is 15.2. The maximum atomic E-state index is 14.5. The predicted molar refractivity (Wildman–Crippen MR) is 120 cm³/mol. The largest absolute Gasteiger partial charge is 0.308 e. The van der Waals surface area contributed by atoms with Crippen LogP contribution in [0.1, 0.15) is 17.3 Å². The van der Waals surface area contributed by atoms with Gasteiger partial charge in [-0.05, 0) is 43.3 Å². The fourth-order valence-electron chi connectivity index (χ4n) is 3.50. The Hall–Kier alpha value is -3.78. The average Bonchev–Trinajstić information content (AvgIpc) is 3.53. The Morgan fingerprint density at radius 2 is 1.81 bits per heavy atom. The third kappa shape index (κ3) is 3.30. The molecule has 0 fully saturated rings. The van der Waals surface area contributed by atoms with Crippen LogP contribution in [0.15, 0.2) is 79.3 Å². The quantitative estimate of drug-likeness (QED) is 0.390. The third-order valence-corrected chi connectivity index (χ3v) is 6.04. The summed E-state index contributed by atoms with van der Waals surface area (Å²) in [6, 6.07) is 17.8. The first-order valence-corrected chi connectivity index (χ1v) is 10.6. The molecule has 0 aliphatic heterocycles. The molecule has 31 heavy (non-hydrogen) atoms. The predicted octanol–water partition coefficient (Wildman–Crippen LogP) is 5.08. The SMILES string of the molecule is CCN(C(=O)c1cnn(-c2ccccc2F)c1-n1cccc1)c1nc2ccccc2s1. The zero-order valence-corrected chi connectivity index (χ0v) is 17.5. The molecule has 0 aliphatic carbocycles. The van der Waals surface area contributed by atoms with Gasteiger partial charge < -0.3 is 4.57 Å². The lowest BCUT2D eigenvalue weighted by molar-refractivity contribution is 0.0988.